The number of Topliss-reactive ketones (excluding diaryl/α,β-unsaturated/α-hetero) is 1. The lowest BCUT2D eigenvalue weighted by Crippen LogP contribution is -2.58. The van der Waals surface area contributed by atoms with E-state index in [1.165, 1.54) is 19.4 Å². The van der Waals surface area contributed by atoms with E-state index in [1.807, 2.05) is 62.4 Å². The van der Waals surface area contributed by atoms with E-state index in [2.05, 4.69) is 56.8 Å². The smallest absolute Gasteiger partial charge is 0.243 e. The average molecular weight is 922 g/mol. The number of carbonyl (C=O) groups excluding carboxylic acids is 7. The zero-order valence-corrected chi connectivity index (χ0v) is 38.7. The molecule has 0 aliphatic heterocycles. The minimum absolute atomic E-state index is 0.0118. The number of nitrogens with two attached hydrogens (primary N) is 2. The maximum Gasteiger partial charge on any atom is 0.243 e. The van der Waals surface area contributed by atoms with Crippen LogP contribution < -0.4 is 43.4 Å². The number of para-hydroxylation sites is 2. The number of H-pyrrole nitrogens is 3. The van der Waals surface area contributed by atoms with Crippen molar-refractivity contribution in [2.45, 2.75) is 104 Å². The normalized spacial score (nSPS) is 13.7. The van der Waals surface area contributed by atoms with Crippen LogP contribution in [0.4, 0.5) is 0 Å². The Hall–Kier alpha value is -7.51. The number of aromatic amines is 3. The molecule has 0 aliphatic rings. The predicted octanol–water partition coefficient (Wildman–Crippen LogP) is 1.29. The van der Waals surface area contributed by atoms with E-state index in [0.29, 0.717) is 11.3 Å². The summed E-state index contributed by atoms with van der Waals surface area (Å²) in [6.07, 6.45) is 6.77. The molecule has 0 aliphatic carbocycles. The van der Waals surface area contributed by atoms with Crippen molar-refractivity contribution in [1.82, 2.24) is 51.8 Å². The molecule has 0 saturated heterocycles. The summed E-state index contributed by atoms with van der Waals surface area (Å²) in [5.41, 5.74) is 13.9. The molecule has 0 saturated carbocycles. The van der Waals surface area contributed by atoms with Gasteiger partial charge in [0.2, 0.25) is 35.4 Å². The van der Waals surface area contributed by atoms with Gasteiger partial charge in [-0.15, -0.1) is 0 Å². The molecule has 5 aromatic rings. The number of hydrogen-bond donors (Lipinski definition) is 11. The second-order valence-corrected chi connectivity index (χ2v) is 17.9. The van der Waals surface area contributed by atoms with Gasteiger partial charge in [-0.05, 0) is 42.0 Å². The Morgan fingerprint density at radius 1 is 0.687 bits per heavy atom. The Bertz CT molecular complexity index is 2550. The molecule has 3 heterocycles. The second-order valence-electron chi connectivity index (χ2n) is 17.9. The first-order chi connectivity index (χ1) is 31.8. The molecule has 67 heavy (non-hydrogen) atoms. The van der Waals surface area contributed by atoms with Crippen molar-refractivity contribution in [1.29, 1.82) is 0 Å². The Morgan fingerprint density at radius 3 is 1.75 bits per heavy atom. The van der Waals surface area contributed by atoms with E-state index in [9.17, 15) is 33.6 Å². The van der Waals surface area contributed by atoms with Gasteiger partial charge in [0, 0.05) is 84.2 Å². The number of hydrogen-bond acceptors (Lipinski definition) is 9. The second kappa shape index (κ2) is 23.1. The molecule has 5 atom stereocenters. The molecule has 0 fully saturated rings. The summed E-state index contributed by atoms with van der Waals surface area (Å²) in [5.74, 6) is -4.49. The quantitative estimate of drug-likeness (QED) is 0.0253. The van der Waals surface area contributed by atoms with E-state index in [4.69, 9.17) is 11.5 Å². The highest BCUT2D eigenvalue weighted by atomic mass is 16.2. The van der Waals surface area contributed by atoms with Gasteiger partial charge in [-0.2, -0.15) is 0 Å². The molecule has 20 nitrogen and oxygen atoms in total. The molecule has 0 bridgehead atoms. The molecule has 13 N–H and O–H groups in total. The largest absolute Gasteiger partial charge is 0.370 e. The van der Waals surface area contributed by atoms with Crippen LogP contribution in [0.5, 0.6) is 0 Å². The van der Waals surface area contributed by atoms with Gasteiger partial charge in [-0.1, -0.05) is 71.0 Å². The number of carbonyl (C=O) groups is 7. The SMILES string of the molecule is CC(=O)N[C@@H](Cc1cnc[nH]1)C(=O)N[C@@H](Cc1c[nH]c2ccccc12)C(=O)N[C@@H](CCCN=C(N)N)C(=O)NCC(=O)N[C@@H](Cc1c[nH]c2ccccc12)C(=O)NC(C(=O)C(C)(C)C)C(C)C. The van der Waals surface area contributed by atoms with Gasteiger partial charge >= 0.3 is 0 Å². The molecule has 20 heteroatoms. The summed E-state index contributed by atoms with van der Waals surface area (Å²) in [4.78, 5) is 113. The van der Waals surface area contributed by atoms with Gasteiger partial charge in [0.1, 0.15) is 24.2 Å². The van der Waals surface area contributed by atoms with Crippen molar-refractivity contribution in [3.63, 3.8) is 0 Å². The van der Waals surface area contributed by atoms with Crippen LogP contribution in [0, 0.1) is 11.3 Å². The average Bonchev–Trinajstić information content (AvgIpc) is 4.05. The van der Waals surface area contributed by atoms with Crippen LogP contribution >= 0.6 is 0 Å². The van der Waals surface area contributed by atoms with E-state index >= 15 is 0 Å². The minimum Gasteiger partial charge on any atom is -0.370 e. The monoisotopic (exact) mass is 921 g/mol. The van der Waals surface area contributed by atoms with E-state index in [0.717, 1.165) is 27.4 Å². The minimum atomic E-state index is -1.26. The number of guanidine groups is 1. The van der Waals surface area contributed by atoms with Gasteiger partial charge in [0.15, 0.2) is 11.7 Å². The Labute approximate surface area is 388 Å². The van der Waals surface area contributed by atoms with Crippen molar-refractivity contribution >= 4 is 69.0 Å². The zero-order chi connectivity index (χ0) is 48.8. The van der Waals surface area contributed by atoms with Crippen LogP contribution in [0.15, 0.2) is 78.4 Å². The zero-order valence-electron chi connectivity index (χ0n) is 38.7. The van der Waals surface area contributed by atoms with Gasteiger partial charge in [-0.25, -0.2) is 4.98 Å². The van der Waals surface area contributed by atoms with Gasteiger partial charge in [0.25, 0.3) is 0 Å². The lowest BCUT2D eigenvalue weighted by atomic mass is 9.82. The highest BCUT2D eigenvalue weighted by molar-refractivity contribution is 5.98. The summed E-state index contributed by atoms with van der Waals surface area (Å²) in [7, 11) is 0. The topological polar surface area (TPSA) is 316 Å². The summed E-state index contributed by atoms with van der Waals surface area (Å²) in [6, 6.07) is 9.32. The van der Waals surface area contributed by atoms with Crippen molar-refractivity contribution < 1.29 is 33.6 Å². The lowest BCUT2D eigenvalue weighted by Gasteiger charge is -2.30. The fraction of sp³-hybridized carbons (Fsp3) is 0.426. The number of amides is 6. The van der Waals surface area contributed by atoms with Crippen LogP contribution in [0.2, 0.25) is 0 Å². The Balaban J connectivity index is 1.36. The lowest BCUT2D eigenvalue weighted by molar-refractivity contribution is -0.135. The molecule has 5 rings (SSSR count). The van der Waals surface area contributed by atoms with Crippen molar-refractivity contribution in [2.24, 2.45) is 27.8 Å². The van der Waals surface area contributed by atoms with Crippen molar-refractivity contribution in [3.05, 3.63) is 90.3 Å². The Morgan fingerprint density at radius 2 is 1.22 bits per heavy atom. The molecular weight excluding hydrogens is 859 g/mol. The number of benzene rings is 2. The first-order valence-electron chi connectivity index (χ1n) is 22.2. The number of aromatic nitrogens is 4. The van der Waals surface area contributed by atoms with E-state index < -0.39 is 77.6 Å². The third-order valence-corrected chi connectivity index (χ3v) is 11.1. The molecule has 1 unspecified atom stereocenters. The first kappa shape index (κ1) is 50.5. The number of imidazole rings is 1. The molecule has 2 aromatic carbocycles. The van der Waals surface area contributed by atoms with E-state index in [-0.39, 0.29) is 56.3 Å². The first-order valence-corrected chi connectivity index (χ1v) is 22.2. The third kappa shape index (κ3) is 14.5. The molecule has 3 aromatic heterocycles. The summed E-state index contributed by atoms with van der Waals surface area (Å²) in [6.45, 7) is 9.77. The number of nitrogens with one attached hydrogen (secondary N) is 9. The Kier molecular flexibility index (Phi) is 17.4. The standard InChI is InChI=1S/C47H63N13O7/c1-26(2)40(41(63)47(4,5)6)60-45(67)36(18-28-21-52-33-14-9-7-12-31(28)33)57-39(62)24-54-42(64)35(16-11-17-51-46(48)49)58-43(65)37(19-29-22-53-34-15-10-8-13-32(29)34)59-44(66)38(56-27(3)61)20-30-23-50-25-55-30/h7-10,12-15,21-23,25-26,35-38,40,52-53H,11,16-20,24H2,1-6H3,(H,50,55)(H,54,64)(H,56,61)(H,57,62)(H,58,65)(H,59,66)(H,60,67)(H4,48,49,51)/t35-,36-,37-,38-,40?/m0/s1. The molecule has 0 spiro atoms. The number of rotatable bonds is 23. The van der Waals surface area contributed by atoms with Crippen LogP contribution in [0.25, 0.3) is 21.8 Å². The van der Waals surface area contributed by atoms with E-state index in [1.54, 1.807) is 33.2 Å². The summed E-state index contributed by atoms with van der Waals surface area (Å²) < 4.78 is 0. The van der Waals surface area contributed by atoms with Crippen LogP contribution in [-0.2, 0) is 52.8 Å². The van der Waals surface area contributed by atoms with Gasteiger partial charge < -0.3 is 58.3 Å². The highest BCUT2D eigenvalue weighted by Crippen LogP contribution is 2.23. The maximum absolute atomic E-state index is 14.4. The fourth-order valence-electron chi connectivity index (χ4n) is 7.64. The number of ketones is 1. The molecule has 6 amide bonds. The molecule has 0 radical (unpaired) electrons. The molecule has 358 valence electrons. The summed E-state index contributed by atoms with van der Waals surface area (Å²) >= 11 is 0. The maximum atomic E-state index is 14.4. The molecular formula is C47H63N13O7. The van der Waals surface area contributed by atoms with Gasteiger partial charge in [-0.3, -0.25) is 38.6 Å². The van der Waals surface area contributed by atoms with Crippen molar-refractivity contribution in [2.75, 3.05) is 13.1 Å². The van der Waals surface area contributed by atoms with Crippen LogP contribution in [-0.4, -0.2) is 110 Å². The number of fused-ring (bicyclic) bond motifs is 2. The number of nitrogens with zero attached hydrogens (tertiary/aromatic N) is 2. The summed E-state index contributed by atoms with van der Waals surface area (Å²) in [5, 5.41) is 18.0. The van der Waals surface area contributed by atoms with Crippen molar-refractivity contribution in [3.8, 4) is 0 Å². The predicted molar refractivity (Wildman–Crippen MR) is 254 cm³/mol. The van der Waals surface area contributed by atoms with Gasteiger partial charge in [0.05, 0.1) is 18.9 Å². The third-order valence-electron chi connectivity index (χ3n) is 11.1. The number of aliphatic imine (C=N–C) groups is 1. The van der Waals surface area contributed by atoms with Crippen LogP contribution in [0.1, 0.15) is 71.2 Å². The van der Waals surface area contributed by atoms with Crippen LogP contribution in [0.3, 0.4) is 0 Å². The fourth-order valence-corrected chi connectivity index (χ4v) is 7.64. The highest BCUT2D eigenvalue weighted by Gasteiger charge is 2.35.